The SMILES string of the molecule is O=C1[C@H](N2CCc3c(-c4ccccc4)cccc32)CCN1c1ccc(S(=O)(=O)Nc2nccs2)cc1. The summed E-state index contributed by atoms with van der Waals surface area (Å²) in [5.41, 5.74) is 5.53. The van der Waals surface area contributed by atoms with Crippen molar-refractivity contribution in [1.82, 2.24) is 4.98 Å². The van der Waals surface area contributed by atoms with Crippen molar-refractivity contribution < 1.29 is 13.2 Å². The lowest BCUT2D eigenvalue weighted by atomic mass is 9.98. The number of nitrogens with zero attached hydrogens (tertiary/aromatic N) is 3. The fourth-order valence-corrected chi connectivity index (χ4v) is 6.92. The third-order valence-electron chi connectivity index (χ3n) is 6.81. The Morgan fingerprint density at radius 2 is 1.75 bits per heavy atom. The summed E-state index contributed by atoms with van der Waals surface area (Å²) in [4.78, 5) is 21.6. The molecule has 36 heavy (non-hydrogen) atoms. The second kappa shape index (κ2) is 9.07. The van der Waals surface area contributed by atoms with Crippen LogP contribution in [-0.2, 0) is 21.2 Å². The van der Waals surface area contributed by atoms with E-state index < -0.39 is 10.0 Å². The molecule has 0 spiro atoms. The average molecular weight is 517 g/mol. The molecule has 2 aliphatic rings. The van der Waals surface area contributed by atoms with Gasteiger partial charge in [-0.25, -0.2) is 13.4 Å². The van der Waals surface area contributed by atoms with Gasteiger partial charge in [0.15, 0.2) is 5.13 Å². The van der Waals surface area contributed by atoms with Crippen LogP contribution in [0, 0.1) is 0 Å². The maximum atomic E-state index is 13.5. The van der Waals surface area contributed by atoms with Crippen LogP contribution in [0.15, 0.2) is 89.3 Å². The summed E-state index contributed by atoms with van der Waals surface area (Å²) in [7, 11) is -3.74. The first-order valence-electron chi connectivity index (χ1n) is 11.8. The van der Waals surface area contributed by atoms with Gasteiger partial charge in [-0.1, -0.05) is 42.5 Å². The van der Waals surface area contributed by atoms with E-state index in [0.717, 1.165) is 25.1 Å². The molecule has 3 aromatic carbocycles. The van der Waals surface area contributed by atoms with E-state index in [1.807, 2.05) is 18.2 Å². The number of thiazole rings is 1. The molecular formula is C27H24N4O3S2. The highest BCUT2D eigenvalue weighted by Crippen LogP contribution is 2.39. The summed E-state index contributed by atoms with van der Waals surface area (Å²) in [5.74, 6) is 0.0458. The van der Waals surface area contributed by atoms with E-state index in [9.17, 15) is 13.2 Å². The van der Waals surface area contributed by atoms with Crippen molar-refractivity contribution in [3.05, 3.63) is 89.9 Å². The van der Waals surface area contributed by atoms with Crippen LogP contribution in [0.5, 0.6) is 0 Å². The fraction of sp³-hybridized carbons (Fsp3) is 0.185. The molecule has 1 aromatic heterocycles. The van der Waals surface area contributed by atoms with Gasteiger partial charge in [-0.3, -0.25) is 9.52 Å². The van der Waals surface area contributed by atoms with Gasteiger partial charge in [0, 0.05) is 36.0 Å². The predicted molar refractivity (Wildman–Crippen MR) is 143 cm³/mol. The number of hydrogen-bond donors (Lipinski definition) is 1. The van der Waals surface area contributed by atoms with Gasteiger partial charge >= 0.3 is 0 Å². The van der Waals surface area contributed by atoms with Gasteiger partial charge in [0.2, 0.25) is 5.91 Å². The van der Waals surface area contributed by atoms with E-state index in [-0.39, 0.29) is 16.8 Å². The monoisotopic (exact) mass is 516 g/mol. The Labute approximate surface area is 214 Å². The molecule has 9 heteroatoms. The van der Waals surface area contributed by atoms with Crippen LogP contribution in [0.1, 0.15) is 12.0 Å². The van der Waals surface area contributed by atoms with Crippen molar-refractivity contribution >= 4 is 43.8 Å². The van der Waals surface area contributed by atoms with E-state index >= 15 is 0 Å². The summed E-state index contributed by atoms with van der Waals surface area (Å²) in [6.07, 6.45) is 3.17. The van der Waals surface area contributed by atoms with Crippen molar-refractivity contribution in [2.45, 2.75) is 23.8 Å². The number of nitrogens with one attached hydrogen (secondary N) is 1. The lowest BCUT2D eigenvalue weighted by molar-refractivity contribution is -0.118. The number of fused-ring (bicyclic) bond motifs is 1. The van der Waals surface area contributed by atoms with E-state index in [0.29, 0.717) is 17.4 Å². The molecule has 182 valence electrons. The second-order valence-electron chi connectivity index (χ2n) is 8.84. The number of amides is 1. The Morgan fingerprint density at radius 3 is 2.50 bits per heavy atom. The summed E-state index contributed by atoms with van der Waals surface area (Å²) in [6.45, 7) is 1.40. The second-order valence-corrected chi connectivity index (χ2v) is 11.4. The molecule has 0 bridgehead atoms. The minimum atomic E-state index is -3.74. The van der Waals surface area contributed by atoms with Crippen LogP contribution >= 0.6 is 11.3 Å². The maximum Gasteiger partial charge on any atom is 0.263 e. The van der Waals surface area contributed by atoms with Crippen LogP contribution in [0.3, 0.4) is 0 Å². The number of hydrogen-bond acceptors (Lipinski definition) is 6. The Hall–Kier alpha value is -3.69. The smallest absolute Gasteiger partial charge is 0.263 e. The summed E-state index contributed by atoms with van der Waals surface area (Å²) < 4.78 is 27.7. The molecule has 7 nitrogen and oxygen atoms in total. The minimum Gasteiger partial charge on any atom is -0.359 e. The van der Waals surface area contributed by atoms with E-state index in [1.54, 1.807) is 28.6 Å². The molecule has 1 saturated heterocycles. The van der Waals surface area contributed by atoms with Crippen molar-refractivity contribution in [2.75, 3.05) is 27.6 Å². The number of aromatic nitrogens is 1. The van der Waals surface area contributed by atoms with Crippen molar-refractivity contribution in [3.63, 3.8) is 0 Å². The van der Waals surface area contributed by atoms with Gasteiger partial charge in [-0.15, -0.1) is 11.3 Å². The number of carbonyl (C=O) groups is 1. The summed E-state index contributed by atoms with van der Waals surface area (Å²) >= 11 is 1.22. The fourth-order valence-electron chi connectivity index (χ4n) is 5.13. The van der Waals surface area contributed by atoms with Gasteiger partial charge < -0.3 is 9.80 Å². The number of benzene rings is 3. The van der Waals surface area contributed by atoms with Gasteiger partial charge in [-0.2, -0.15) is 0 Å². The van der Waals surface area contributed by atoms with Crippen LogP contribution in [0.25, 0.3) is 11.1 Å². The van der Waals surface area contributed by atoms with Crippen LogP contribution < -0.4 is 14.5 Å². The summed E-state index contributed by atoms with van der Waals surface area (Å²) in [5, 5.41) is 2.02. The quantitative estimate of drug-likeness (QED) is 0.399. The molecule has 6 rings (SSSR count). The normalized spacial score (nSPS) is 17.4. The molecule has 0 saturated carbocycles. The number of sulfonamides is 1. The highest BCUT2D eigenvalue weighted by Gasteiger charge is 2.39. The number of anilines is 3. The number of carbonyl (C=O) groups excluding carboxylic acids is 1. The Bertz CT molecular complexity index is 1500. The first-order valence-corrected chi connectivity index (χ1v) is 14.2. The van der Waals surface area contributed by atoms with Crippen LogP contribution in [-0.4, -0.2) is 38.4 Å². The van der Waals surface area contributed by atoms with E-state index in [4.69, 9.17) is 0 Å². The zero-order chi connectivity index (χ0) is 24.7. The molecule has 1 N–H and O–H groups in total. The van der Waals surface area contributed by atoms with Crippen molar-refractivity contribution in [1.29, 1.82) is 0 Å². The average Bonchev–Trinajstić information content (AvgIpc) is 3.64. The van der Waals surface area contributed by atoms with Gasteiger partial charge in [-0.05, 0) is 59.9 Å². The van der Waals surface area contributed by atoms with E-state index in [1.165, 1.54) is 40.2 Å². The molecule has 2 aliphatic heterocycles. The predicted octanol–water partition coefficient (Wildman–Crippen LogP) is 4.78. The highest BCUT2D eigenvalue weighted by molar-refractivity contribution is 7.93. The highest BCUT2D eigenvalue weighted by atomic mass is 32.2. The lowest BCUT2D eigenvalue weighted by Crippen LogP contribution is -2.41. The van der Waals surface area contributed by atoms with Crippen LogP contribution in [0.4, 0.5) is 16.5 Å². The van der Waals surface area contributed by atoms with Crippen molar-refractivity contribution in [2.24, 2.45) is 0 Å². The minimum absolute atomic E-state index is 0.0458. The third-order valence-corrected chi connectivity index (χ3v) is 8.99. The van der Waals surface area contributed by atoms with Gasteiger partial charge in [0.25, 0.3) is 10.0 Å². The standard InChI is InChI=1S/C27H24N4O3S2/c32-26-25(31-16-13-23-22(7-4-8-24(23)31)19-5-2-1-3-6-19)14-17-30(26)20-9-11-21(12-10-20)36(33,34)29-27-28-15-18-35-27/h1-12,15,18,25H,13-14,16-17H2,(H,28,29)/t25-/m1/s1. The Balaban J connectivity index is 1.21. The largest absolute Gasteiger partial charge is 0.359 e. The molecule has 3 heterocycles. The zero-order valence-electron chi connectivity index (χ0n) is 19.4. The molecule has 4 aromatic rings. The summed E-state index contributed by atoms with van der Waals surface area (Å²) in [6, 6.07) is 22.9. The van der Waals surface area contributed by atoms with Gasteiger partial charge in [0.05, 0.1) is 4.90 Å². The molecule has 0 unspecified atom stereocenters. The molecular weight excluding hydrogens is 492 g/mol. The Kier molecular flexibility index (Phi) is 5.73. The first kappa shape index (κ1) is 22.8. The lowest BCUT2D eigenvalue weighted by Gasteiger charge is -2.26. The third kappa shape index (κ3) is 4.04. The maximum absolute atomic E-state index is 13.5. The zero-order valence-corrected chi connectivity index (χ0v) is 21.0. The molecule has 1 amide bonds. The molecule has 0 radical (unpaired) electrons. The molecule has 1 fully saturated rings. The Morgan fingerprint density at radius 1 is 0.944 bits per heavy atom. The molecule has 0 aliphatic carbocycles. The molecule has 1 atom stereocenters. The number of rotatable bonds is 6. The topological polar surface area (TPSA) is 82.6 Å². The van der Waals surface area contributed by atoms with Crippen molar-refractivity contribution in [3.8, 4) is 11.1 Å². The first-order chi connectivity index (χ1) is 17.5. The van der Waals surface area contributed by atoms with E-state index in [2.05, 4.69) is 44.9 Å². The van der Waals surface area contributed by atoms with Crippen LogP contribution in [0.2, 0.25) is 0 Å². The van der Waals surface area contributed by atoms with Gasteiger partial charge in [0.1, 0.15) is 6.04 Å².